The first kappa shape index (κ1) is 29.0. The van der Waals surface area contributed by atoms with Gasteiger partial charge < -0.3 is 19.3 Å². The van der Waals surface area contributed by atoms with E-state index in [2.05, 4.69) is 26.3 Å². The molecule has 0 aliphatic rings. The van der Waals surface area contributed by atoms with Gasteiger partial charge in [-0.25, -0.2) is 19.2 Å². The van der Waals surface area contributed by atoms with Crippen LogP contribution in [0.25, 0.3) is 0 Å². The van der Waals surface area contributed by atoms with Crippen LogP contribution in [0.1, 0.15) is 47.0 Å². The van der Waals surface area contributed by atoms with Gasteiger partial charge in [0.25, 0.3) is 0 Å². The minimum atomic E-state index is -0.935. The van der Waals surface area contributed by atoms with Gasteiger partial charge in [0, 0.05) is 28.7 Å². The van der Waals surface area contributed by atoms with Gasteiger partial charge in [-0.1, -0.05) is 39.7 Å². The summed E-state index contributed by atoms with van der Waals surface area (Å²) in [6.07, 6.45) is 0.787. The van der Waals surface area contributed by atoms with Crippen LogP contribution in [-0.4, -0.2) is 48.3 Å². The molecule has 0 aromatic rings. The first-order valence-corrected chi connectivity index (χ1v) is 9.26. The van der Waals surface area contributed by atoms with Crippen molar-refractivity contribution in [3.8, 4) is 0 Å². The molecular formula is C22H32O8. The molecule has 0 saturated carbocycles. The van der Waals surface area contributed by atoms with Crippen molar-refractivity contribution in [3.63, 3.8) is 0 Å². The summed E-state index contributed by atoms with van der Waals surface area (Å²) in [4.78, 5) is 44.6. The Hall–Kier alpha value is -3.16. The molecule has 0 radical (unpaired) electrons. The predicted molar refractivity (Wildman–Crippen MR) is 113 cm³/mol. The number of carboxylic acid groups (broad SMARTS) is 1. The second-order valence-corrected chi connectivity index (χ2v) is 6.57. The van der Waals surface area contributed by atoms with E-state index in [1.807, 2.05) is 6.92 Å². The van der Waals surface area contributed by atoms with E-state index in [0.29, 0.717) is 6.61 Å². The van der Waals surface area contributed by atoms with Crippen LogP contribution in [0.2, 0.25) is 0 Å². The molecule has 0 bridgehead atoms. The van der Waals surface area contributed by atoms with Gasteiger partial charge in [-0.05, 0) is 27.2 Å². The standard InChI is InChI=1S/C18H26O6.C4H6O2/c1-7-8-9-22-18(21)14(6)10-15(24-17(20)13(4)5)11-23-16(19)12(2)3;1-3(2)4(5)6/h15H,2,4,6-11H2,1,3,5H3;1H2,2H3,(H,5,6). The minimum absolute atomic E-state index is 0.00650. The number of ether oxygens (including phenoxy) is 3. The molecule has 0 rings (SSSR count). The number of esters is 3. The summed E-state index contributed by atoms with van der Waals surface area (Å²) in [5.41, 5.74) is 0.729. The molecule has 0 aromatic carbocycles. The molecule has 1 unspecified atom stereocenters. The van der Waals surface area contributed by atoms with Gasteiger partial charge in [-0.15, -0.1) is 0 Å². The van der Waals surface area contributed by atoms with E-state index in [1.54, 1.807) is 0 Å². The van der Waals surface area contributed by atoms with E-state index in [-0.39, 0.29) is 35.3 Å². The van der Waals surface area contributed by atoms with E-state index in [4.69, 9.17) is 19.3 Å². The largest absolute Gasteiger partial charge is 0.478 e. The zero-order valence-electron chi connectivity index (χ0n) is 18.2. The maximum Gasteiger partial charge on any atom is 0.333 e. The summed E-state index contributed by atoms with van der Waals surface area (Å²) >= 11 is 0. The third-order valence-electron chi connectivity index (χ3n) is 3.23. The predicted octanol–water partition coefficient (Wildman–Crippen LogP) is 3.53. The Bertz CT molecular complexity index is 675. The molecule has 0 fully saturated rings. The molecule has 0 amide bonds. The summed E-state index contributed by atoms with van der Waals surface area (Å²) in [7, 11) is 0. The van der Waals surface area contributed by atoms with Crippen LogP contribution in [0.4, 0.5) is 0 Å². The molecule has 0 aliphatic heterocycles. The highest BCUT2D eigenvalue weighted by molar-refractivity contribution is 5.89. The lowest BCUT2D eigenvalue weighted by Gasteiger charge is -2.18. The summed E-state index contributed by atoms with van der Waals surface area (Å²) in [5, 5.41) is 7.89. The van der Waals surface area contributed by atoms with Crippen molar-refractivity contribution in [1.29, 1.82) is 0 Å². The number of hydrogen-bond donors (Lipinski definition) is 1. The smallest absolute Gasteiger partial charge is 0.333 e. The number of carboxylic acids is 1. The van der Waals surface area contributed by atoms with E-state index in [9.17, 15) is 19.2 Å². The Balaban J connectivity index is 0. The zero-order chi connectivity index (χ0) is 23.9. The van der Waals surface area contributed by atoms with Gasteiger partial charge in [-0.2, -0.15) is 0 Å². The summed E-state index contributed by atoms with van der Waals surface area (Å²) < 4.78 is 15.2. The maximum absolute atomic E-state index is 11.8. The molecule has 1 N–H and O–H groups in total. The number of hydrogen-bond acceptors (Lipinski definition) is 7. The first-order valence-electron chi connectivity index (χ1n) is 9.26. The molecule has 0 saturated heterocycles. The van der Waals surface area contributed by atoms with Crippen LogP contribution in [-0.2, 0) is 33.4 Å². The van der Waals surface area contributed by atoms with Gasteiger partial charge in [-0.3, -0.25) is 0 Å². The normalized spacial score (nSPS) is 10.4. The number of unbranched alkanes of at least 4 members (excludes halogenated alkanes) is 1. The Labute approximate surface area is 177 Å². The fourth-order valence-corrected chi connectivity index (χ4v) is 1.45. The molecule has 8 nitrogen and oxygen atoms in total. The second kappa shape index (κ2) is 15.7. The molecule has 0 heterocycles. The van der Waals surface area contributed by atoms with Gasteiger partial charge in [0.05, 0.1) is 6.61 Å². The summed E-state index contributed by atoms with van der Waals surface area (Å²) in [6, 6.07) is 0. The molecule has 168 valence electrons. The highest BCUT2D eigenvalue weighted by Gasteiger charge is 2.22. The Morgan fingerprint density at radius 3 is 1.73 bits per heavy atom. The van der Waals surface area contributed by atoms with Crippen LogP contribution in [0.5, 0.6) is 0 Å². The molecule has 30 heavy (non-hydrogen) atoms. The lowest BCUT2D eigenvalue weighted by atomic mass is 10.1. The molecule has 1 atom stereocenters. The SMILES string of the molecule is C=C(C)C(=O)O.C=C(C)C(=O)OCC(CC(=C)C(=O)OCCCC)OC(=O)C(=C)C. The minimum Gasteiger partial charge on any atom is -0.478 e. The molecule has 0 spiro atoms. The second-order valence-electron chi connectivity index (χ2n) is 6.57. The van der Waals surface area contributed by atoms with Crippen molar-refractivity contribution in [3.05, 3.63) is 48.6 Å². The molecule has 0 aliphatic carbocycles. The van der Waals surface area contributed by atoms with Crippen molar-refractivity contribution >= 4 is 23.9 Å². The third-order valence-corrected chi connectivity index (χ3v) is 3.23. The van der Waals surface area contributed by atoms with Gasteiger partial charge in [0.2, 0.25) is 0 Å². The van der Waals surface area contributed by atoms with Crippen molar-refractivity contribution in [1.82, 2.24) is 0 Å². The Morgan fingerprint density at radius 2 is 1.33 bits per heavy atom. The van der Waals surface area contributed by atoms with Crippen LogP contribution < -0.4 is 0 Å². The van der Waals surface area contributed by atoms with E-state index in [0.717, 1.165) is 12.8 Å². The quantitative estimate of drug-likeness (QED) is 0.219. The van der Waals surface area contributed by atoms with Crippen LogP contribution >= 0.6 is 0 Å². The highest BCUT2D eigenvalue weighted by Crippen LogP contribution is 2.12. The van der Waals surface area contributed by atoms with Crippen LogP contribution in [0.3, 0.4) is 0 Å². The maximum atomic E-state index is 11.8. The van der Waals surface area contributed by atoms with E-state index >= 15 is 0 Å². The van der Waals surface area contributed by atoms with Gasteiger partial charge in [0.1, 0.15) is 12.7 Å². The van der Waals surface area contributed by atoms with Gasteiger partial charge >= 0.3 is 23.9 Å². The fraction of sp³-hybridized carbons (Fsp3) is 0.455. The van der Waals surface area contributed by atoms with Crippen molar-refractivity contribution < 1.29 is 38.5 Å². The molecule has 0 aromatic heterocycles. The lowest BCUT2D eigenvalue weighted by Crippen LogP contribution is -2.27. The lowest BCUT2D eigenvalue weighted by molar-refractivity contribution is -0.154. The summed E-state index contributed by atoms with van der Waals surface area (Å²) in [6.45, 7) is 20.3. The fourth-order valence-electron chi connectivity index (χ4n) is 1.45. The summed E-state index contributed by atoms with van der Waals surface area (Å²) in [5.74, 6) is -2.75. The zero-order valence-corrected chi connectivity index (χ0v) is 18.2. The Morgan fingerprint density at radius 1 is 0.833 bits per heavy atom. The number of rotatable bonds is 12. The average molecular weight is 424 g/mol. The van der Waals surface area contributed by atoms with Crippen molar-refractivity contribution in [2.75, 3.05) is 13.2 Å². The Kier molecular flexibility index (Phi) is 15.2. The number of carbonyl (C=O) groups excluding carboxylic acids is 3. The average Bonchev–Trinajstić information content (AvgIpc) is 2.65. The van der Waals surface area contributed by atoms with Gasteiger partial charge in [0.15, 0.2) is 0 Å². The monoisotopic (exact) mass is 424 g/mol. The van der Waals surface area contributed by atoms with Crippen molar-refractivity contribution in [2.24, 2.45) is 0 Å². The third kappa shape index (κ3) is 14.8. The number of aliphatic carboxylic acids is 1. The van der Waals surface area contributed by atoms with E-state index in [1.165, 1.54) is 20.8 Å². The first-order chi connectivity index (χ1) is 13.8. The van der Waals surface area contributed by atoms with Crippen LogP contribution in [0.15, 0.2) is 48.6 Å². The molecule has 8 heteroatoms. The molecular weight excluding hydrogens is 392 g/mol. The van der Waals surface area contributed by atoms with Crippen molar-refractivity contribution in [2.45, 2.75) is 53.1 Å². The van der Waals surface area contributed by atoms with E-state index < -0.39 is 30.0 Å². The van der Waals surface area contributed by atoms with Crippen LogP contribution in [0, 0.1) is 0 Å². The highest BCUT2D eigenvalue weighted by atomic mass is 16.6. The number of carbonyl (C=O) groups is 4. The topological polar surface area (TPSA) is 116 Å².